The van der Waals surface area contributed by atoms with E-state index in [1.165, 1.54) is 0 Å². The predicted molar refractivity (Wildman–Crippen MR) is 89.8 cm³/mol. The van der Waals surface area contributed by atoms with Gasteiger partial charge in [-0.25, -0.2) is 0 Å². The summed E-state index contributed by atoms with van der Waals surface area (Å²) in [5, 5.41) is 9.89. The summed E-state index contributed by atoms with van der Waals surface area (Å²) in [5.41, 5.74) is 1.50. The number of ether oxygens (including phenoxy) is 2. The van der Waals surface area contributed by atoms with E-state index in [2.05, 4.69) is 0 Å². The Morgan fingerprint density at radius 1 is 1.13 bits per heavy atom. The van der Waals surface area contributed by atoms with Crippen molar-refractivity contribution in [2.75, 3.05) is 7.11 Å². The van der Waals surface area contributed by atoms with Gasteiger partial charge in [-0.3, -0.25) is 4.79 Å². The fraction of sp³-hybridized carbons (Fsp3) is 0.235. The quantitative estimate of drug-likeness (QED) is 0.811. The first kappa shape index (κ1) is 17.4. The molecular formula is C17H16Cl2O4. The summed E-state index contributed by atoms with van der Waals surface area (Å²) < 4.78 is 10.8. The van der Waals surface area contributed by atoms with Crippen LogP contribution < -0.4 is 9.47 Å². The Morgan fingerprint density at radius 3 is 2.35 bits per heavy atom. The van der Waals surface area contributed by atoms with E-state index >= 15 is 0 Å². The molecular weight excluding hydrogens is 339 g/mol. The molecule has 0 radical (unpaired) electrons. The molecule has 23 heavy (non-hydrogen) atoms. The molecule has 0 saturated heterocycles. The number of rotatable bonds is 6. The van der Waals surface area contributed by atoms with Crippen LogP contribution in [-0.4, -0.2) is 18.2 Å². The Bertz CT molecular complexity index is 716. The fourth-order valence-electron chi connectivity index (χ4n) is 2.01. The van der Waals surface area contributed by atoms with Gasteiger partial charge in [-0.05, 0) is 42.3 Å². The molecule has 122 valence electrons. The number of carboxylic acid groups (broad SMARTS) is 1. The largest absolute Gasteiger partial charge is 0.495 e. The highest BCUT2D eigenvalue weighted by molar-refractivity contribution is 6.32. The summed E-state index contributed by atoms with van der Waals surface area (Å²) in [6, 6.07) is 10.3. The minimum Gasteiger partial charge on any atom is -0.495 e. The average molecular weight is 355 g/mol. The smallest absolute Gasteiger partial charge is 0.310 e. The first-order chi connectivity index (χ1) is 10.9. The first-order valence-corrected chi connectivity index (χ1v) is 7.65. The number of halogens is 2. The lowest BCUT2D eigenvalue weighted by atomic mass is 10.0. The van der Waals surface area contributed by atoms with Gasteiger partial charge in [0.2, 0.25) is 0 Å². The summed E-state index contributed by atoms with van der Waals surface area (Å²) in [7, 11) is 1.55. The maximum Gasteiger partial charge on any atom is 0.310 e. The molecule has 0 bridgehead atoms. The molecule has 0 spiro atoms. The zero-order chi connectivity index (χ0) is 17.0. The SMILES string of the molecule is COc1ccc(COc2ccc([C@@H](C)C(=O)O)cc2Cl)cc1Cl. The molecule has 1 N–H and O–H groups in total. The van der Waals surface area contributed by atoms with Gasteiger partial charge in [0.05, 0.1) is 23.1 Å². The third kappa shape index (κ3) is 4.30. The van der Waals surface area contributed by atoms with Gasteiger partial charge in [0, 0.05) is 0 Å². The van der Waals surface area contributed by atoms with Crippen LogP contribution >= 0.6 is 23.2 Å². The number of aliphatic carboxylic acids is 1. The van der Waals surface area contributed by atoms with Gasteiger partial charge in [0.25, 0.3) is 0 Å². The monoisotopic (exact) mass is 354 g/mol. The maximum absolute atomic E-state index is 11.0. The Hall–Kier alpha value is -1.91. The van der Waals surface area contributed by atoms with Gasteiger partial charge in [-0.15, -0.1) is 0 Å². The van der Waals surface area contributed by atoms with Crippen molar-refractivity contribution in [3.05, 3.63) is 57.6 Å². The maximum atomic E-state index is 11.0. The van der Waals surface area contributed by atoms with Crippen molar-refractivity contribution in [1.29, 1.82) is 0 Å². The highest BCUT2D eigenvalue weighted by Gasteiger charge is 2.15. The van der Waals surface area contributed by atoms with Crippen LogP contribution in [0.4, 0.5) is 0 Å². The lowest BCUT2D eigenvalue weighted by molar-refractivity contribution is -0.138. The molecule has 1 atom stereocenters. The number of methoxy groups -OCH3 is 1. The van der Waals surface area contributed by atoms with Crippen molar-refractivity contribution in [2.24, 2.45) is 0 Å². The van der Waals surface area contributed by atoms with Gasteiger partial charge in [0.15, 0.2) is 0 Å². The zero-order valence-electron chi connectivity index (χ0n) is 12.7. The molecule has 2 aromatic carbocycles. The number of hydrogen-bond acceptors (Lipinski definition) is 3. The van der Waals surface area contributed by atoms with Crippen molar-refractivity contribution in [1.82, 2.24) is 0 Å². The highest BCUT2D eigenvalue weighted by Crippen LogP contribution is 2.30. The van der Waals surface area contributed by atoms with Crippen LogP contribution in [0.15, 0.2) is 36.4 Å². The standard InChI is InChI=1S/C17H16Cl2O4/c1-10(17(20)21)12-4-6-16(14(19)8-12)23-9-11-3-5-15(22-2)13(18)7-11/h3-8,10H,9H2,1-2H3,(H,20,21)/t10-/m1/s1. The molecule has 0 heterocycles. The van der Waals surface area contributed by atoms with Crippen molar-refractivity contribution < 1.29 is 19.4 Å². The molecule has 0 aliphatic heterocycles. The number of hydrogen-bond donors (Lipinski definition) is 1. The van der Waals surface area contributed by atoms with Gasteiger partial charge in [-0.1, -0.05) is 35.3 Å². The minimum atomic E-state index is -0.900. The van der Waals surface area contributed by atoms with Crippen LogP contribution in [-0.2, 0) is 11.4 Å². The van der Waals surface area contributed by atoms with Crippen LogP contribution in [0, 0.1) is 0 Å². The van der Waals surface area contributed by atoms with E-state index in [1.54, 1.807) is 44.4 Å². The highest BCUT2D eigenvalue weighted by atomic mass is 35.5. The number of carbonyl (C=O) groups is 1. The molecule has 4 nitrogen and oxygen atoms in total. The van der Waals surface area contributed by atoms with E-state index in [0.29, 0.717) is 27.1 Å². The average Bonchev–Trinajstić information content (AvgIpc) is 2.53. The van der Waals surface area contributed by atoms with Crippen molar-refractivity contribution in [3.63, 3.8) is 0 Å². The Balaban J connectivity index is 2.09. The second kappa shape index (κ2) is 7.57. The summed E-state index contributed by atoms with van der Waals surface area (Å²) in [5.74, 6) is -0.440. The first-order valence-electron chi connectivity index (χ1n) is 6.90. The van der Waals surface area contributed by atoms with Crippen LogP contribution in [0.5, 0.6) is 11.5 Å². The summed E-state index contributed by atoms with van der Waals surface area (Å²) in [4.78, 5) is 11.0. The van der Waals surface area contributed by atoms with E-state index in [1.807, 2.05) is 6.07 Å². The Morgan fingerprint density at radius 2 is 1.78 bits per heavy atom. The van der Waals surface area contributed by atoms with E-state index in [-0.39, 0.29) is 6.61 Å². The molecule has 2 rings (SSSR count). The zero-order valence-corrected chi connectivity index (χ0v) is 14.2. The molecule has 2 aromatic rings. The summed E-state index contributed by atoms with van der Waals surface area (Å²) >= 11 is 12.2. The van der Waals surface area contributed by atoms with Gasteiger partial charge in [-0.2, -0.15) is 0 Å². The molecule has 0 fully saturated rings. The Labute approximate surface area is 144 Å². The van der Waals surface area contributed by atoms with E-state index in [9.17, 15) is 4.79 Å². The number of benzene rings is 2. The van der Waals surface area contributed by atoms with Crippen molar-refractivity contribution in [2.45, 2.75) is 19.4 Å². The van der Waals surface area contributed by atoms with E-state index in [0.717, 1.165) is 5.56 Å². The van der Waals surface area contributed by atoms with E-state index < -0.39 is 11.9 Å². The van der Waals surface area contributed by atoms with Gasteiger partial charge in [0.1, 0.15) is 18.1 Å². The minimum absolute atomic E-state index is 0.289. The molecule has 0 unspecified atom stereocenters. The normalized spacial score (nSPS) is 11.8. The lowest BCUT2D eigenvalue weighted by Crippen LogP contribution is -2.07. The van der Waals surface area contributed by atoms with Crippen LogP contribution in [0.25, 0.3) is 0 Å². The molecule has 0 saturated carbocycles. The lowest BCUT2D eigenvalue weighted by Gasteiger charge is -2.12. The topological polar surface area (TPSA) is 55.8 Å². The molecule has 0 aromatic heterocycles. The molecule has 0 amide bonds. The van der Waals surface area contributed by atoms with E-state index in [4.69, 9.17) is 37.8 Å². The second-order valence-corrected chi connectivity index (χ2v) is 5.82. The second-order valence-electron chi connectivity index (χ2n) is 5.01. The van der Waals surface area contributed by atoms with Crippen molar-refractivity contribution >= 4 is 29.2 Å². The summed E-state index contributed by atoms with van der Waals surface area (Å²) in [6.07, 6.45) is 0. The molecule has 0 aliphatic rings. The fourth-order valence-corrected chi connectivity index (χ4v) is 2.53. The van der Waals surface area contributed by atoms with Gasteiger partial charge >= 0.3 is 5.97 Å². The molecule has 6 heteroatoms. The summed E-state index contributed by atoms with van der Waals surface area (Å²) in [6.45, 7) is 1.89. The number of carboxylic acids is 1. The van der Waals surface area contributed by atoms with Crippen LogP contribution in [0.2, 0.25) is 10.0 Å². The van der Waals surface area contributed by atoms with Crippen LogP contribution in [0.1, 0.15) is 24.0 Å². The predicted octanol–water partition coefficient (Wildman–Crippen LogP) is 4.77. The molecule has 0 aliphatic carbocycles. The Kier molecular flexibility index (Phi) is 5.74. The third-order valence-electron chi connectivity index (χ3n) is 3.44. The van der Waals surface area contributed by atoms with Crippen LogP contribution in [0.3, 0.4) is 0 Å². The van der Waals surface area contributed by atoms with Crippen molar-refractivity contribution in [3.8, 4) is 11.5 Å². The van der Waals surface area contributed by atoms with Gasteiger partial charge < -0.3 is 14.6 Å². The third-order valence-corrected chi connectivity index (χ3v) is 4.03.